The molecule has 1 amide bonds. The zero-order valence-corrected chi connectivity index (χ0v) is 15.2. The van der Waals surface area contributed by atoms with Gasteiger partial charge in [0.05, 0.1) is 6.61 Å². The van der Waals surface area contributed by atoms with E-state index in [0.29, 0.717) is 4.70 Å². The number of rotatable bonds is 7. The average Bonchev–Trinajstić information content (AvgIpc) is 3.00. The number of H-pyrrole nitrogens is 1. The molecular formula is C15H13F2N5O3S2. The first-order valence-electron chi connectivity index (χ1n) is 7.52. The van der Waals surface area contributed by atoms with Crippen molar-refractivity contribution in [1.82, 2.24) is 15.0 Å². The summed E-state index contributed by atoms with van der Waals surface area (Å²) in [7, 11) is 0. The van der Waals surface area contributed by atoms with E-state index in [-0.39, 0.29) is 32.8 Å². The number of nitrogens with one attached hydrogen (secondary N) is 2. The van der Waals surface area contributed by atoms with Crippen molar-refractivity contribution in [2.24, 2.45) is 5.73 Å². The normalized spacial score (nSPS) is 12.3. The molecule has 142 valence electrons. The molecule has 0 saturated carbocycles. The number of carbonyl (C=O) groups is 1. The van der Waals surface area contributed by atoms with E-state index in [2.05, 4.69) is 20.3 Å². The Labute approximate surface area is 158 Å². The summed E-state index contributed by atoms with van der Waals surface area (Å²) >= 11 is 1.83. The number of aromatic amines is 1. The van der Waals surface area contributed by atoms with Crippen molar-refractivity contribution in [2.45, 2.75) is 17.0 Å². The number of nitrogens with two attached hydrogens (primary N) is 1. The molecule has 3 rings (SSSR count). The number of aliphatic hydroxyl groups excluding tert-OH is 1. The Kier molecular flexibility index (Phi) is 5.68. The van der Waals surface area contributed by atoms with E-state index in [1.54, 1.807) is 0 Å². The molecule has 0 radical (unpaired) electrons. The number of nitrogens with zero attached hydrogens (tertiary/aromatic N) is 2. The number of aliphatic hydroxyl groups is 1. The first kappa shape index (κ1) is 19.2. The summed E-state index contributed by atoms with van der Waals surface area (Å²) in [6, 6.07) is 2.73. The lowest BCUT2D eigenvalue weighted by Crippen LogP contribution is -2.38. The Morgan fingerprint density at radius 2 is 2.19 bits per heavy atom. The number of carbonyl (C=O) groups excluding carboxylic acids is 1. The van der Waals surface area contributed by atoms with Crippen LogP contribution in [0.25, 0.3) is 10.3 Å². The lowest BCUT2D eigenvalue weighted by Gasteiger charge is -2.14. The third-order valence-corrected chi connectivity index (χ3v) is 5.26. The van der Waals surface area contributed by atoms with Crippen LogP contribution in [0.15, 0.2) is 28.2 Å². The summed E-state index contributed by atoms with van der Waals surface area (Å²) in [5, 5.41) is 12.1. The minimum Gasteiger partial charge on any atom is -0.394 e. The second kappa shape index (κ2) is 7.98. The van der Waals surface area contributed by atoms with Crippen LogP contribution < -0.4 is 15.9 Å². The Morgan fingerprint density at radius 3 is 2.89 bits per heavy atom. The molecule has 8 nitrogen and oxygen atoms in total. The van der Waals surface area contributed by atoms with Gasteiger partial charge in [-0.2, -0.15) is 0 Å². The number of primary amides is 1. The Morgan fingerprint density at radius 1 is 1.41 bits per heavy atom. The molecule has 2 heterocycles. The molecule has 0 saturated heterocycles. The van der Waals surface area contributed by atoms with E-state index in [4.69, 9.17) is 5.73 Å². The SMILES string of the molecule is NC(=O)[C@H](CO)Nc1nc(SCc2cccc(F)c2F)nc2[nH]c(=O)sc12. The van der Waals surface area contributed by atoms with E-state index < -0.39 is 30.2 Å². The molecule has 3 aromatic rings. The number of benzene rings is 1. The van der Waals surface area contributed by atoms with Gasteiger partial charge < -0.3 is 16.2 Å². The lowest BCUT2D eigenvalue weighted by molar-refractivity contribution is -0.119. The third kappa shape index (κ3) is 4.23. The van der Waals surface area contributed by atoms with E-state index in [1.165, 1.54) is 12.1 Å². The van der Waals surface area contributed by atoms with Gasteiger partial charge in [0.2, 0.25) is 5.91 Å². The number of amides is 1. The lowest BCUT2D eigenvalue weighted by atomic mass is 10.2. The molecule has 2 aromatic heterocycles. The maximum atomic E-state index is 13.8. The smallest absolute Gasteiger partial charge is 0.306 e. The molecule has 12 heteroatoms. The van der Waals surface area contributed by atoms with Gasteiger partial charge in [0, 0.05) is 11.3 Å². The number of hydrogen-bond donors (Lipinski definition) is 4. The summed E-state index contributed by atoms with van der Waals surface area (Å²) in [5.41, 5.74) is 5.54. The second-order valence-electron chi connectivity index (χ2n) is 5.33. The van der Waals surface area contributed by atoms with Gasteiger partial charge in [0.25, 0.3) is 0 Å². The van der Waals surface area contributed by atoms with Crippen molar-refractivity contribution in [1.29, 1.82) is 0 Å². The number of halogens is 2. The van der Waals surface area contributed by atoms with Crippen LogP contribution in [-0.4, -0.2) is 38.6 Å². The van der Waals surface area contributed by atoms with Crippen LogP contribution in [-0.2, 0) is 10.5 Å². The molecule has 0 spiro atoms. The van der Waals surface area contributed by atoms with Crippen molar-refractivity contribution < 1.29 is 18.7 Å². The minimum atomic E-state index is -1.11. The molecule has 0 aliphatic heterocycles. The Bertz CT molecular complexity index is 1060. The number of aromatic nitrogens is 3. The van der Waals surface area contributed by atoms with Gasteiger partial charge in [-0.25, -0.2) is 18.7 Å². The zero-order chi connectivity index (χ0) is 19.6. The Hall–Kier alpha value is -2.57. The molecular weight excluding hydrogens is 400 g/mol. The topological polar surface area (TPSA) is 134 Å². The highest BCUT2D eigenvalue weighted by Crippen LogP contribution is 2.28. The maximum absolute atomic E-state index is 13.8. The van der Waals surface area contributed by atoms with Crippen LogP contribution in [0.5, 0.6) is 0 Å². The fraction of sp³-hybridized carbons (Fsp3) is 0.200. The largest absolute Gasteiger partial charge is 0.394 e. The molecule has 5 N–H and O–H groups in total. The van der Waals surface area contributed by atoms with Crippen molar-refractivity contribution >= 4 is 45.2 Å². The van der Waals surface area contributed by atoms with Crippen LogP contribution in [0.1, 0.15) is 5.56 Å². The minimum absolute atomic E-state index is 0.0438. The van der Waals surface area contributed by atoms with Crippen LogP contribution in [0.3, 0.4) is 0 Å². The number of fused-ring (bicyclic) bond motifs is 1. The number of anilines is 1. The van der Waals surface area contributed by atoms with Crippen molar-refractivity contribution in [3.05, 3.63) is 45.1 Å². The van der Waals surface area contributed by atoms with Crippen molar-refractivity contribution in [2.75, 3.05) is 11.9 Å². The third-order valence-electron chi connectivity index (χ3n) is 3.49. The van der Waals surface area contributed by atoms with Crippen molar-refractivity contribution in [3.63, 3.8) is 0 Å². The molecule has 0 fully saturated rings. The van der Waals surface area contributed by atoms with Gasteiger partial charge in [0.15, 0.2) is 28.3 Å². The van der Waals surface area contributed by atoms with E-state index in [0.717, 1.165) is 29.2 Å². The maximum Gasteiger partial charge on any atom is 0.306 e. The van der Waals surface area contributed by atoms with E-state index >= 15 is 0 Å². The predicted octanol–water partition coefficient (Wildman–Crippen LogP) is 1.21. The monoisotopic (exact) mass is 413 g/mol. The average molecular weight is 413 g/mol. The highest BCUT2D eigenvalue weighted by Gasteiger charge is 2.19. The summed E-state index contributed by atoms with van der Waals surface area (Å²) in [5.74, 6) is -2.54. The molecule has 0 aliphatic rings. The first-order valence-corrected chi connectivity index (χ1v) is 9.32. The van der Waals surface area contributed by atoms with Crippen LogP contribution >= 0.6 is 23.1 Å². The van der Waals surface area contributed by atoms with E-state index in [1.807, 2.05) is 0 Å². The van der Waals surface area contributed by atoms with Crippen LogP contribution in [0.4, 0.5) is 14.6 Å². The Balaban J connectivity index is 1.92. The summed E-state index contributed by atoms with van der Waals surface area (Å²) in [6.07, 6.45) is 0. The van der Waals surface area contributed by atoms with E-state index in [9.17, 15) is 23.5 Å². The van der Waals surface area contributed by atoms with Crippen molar-refractivity contribution in [3.8, 4) is 0 Å². The van der Waals surface area contributed by atoms with Gasteiger partial charge in [-0.15, -0.1) is 0 Å². The van der Waals surface area contributed by atoms with Crippen LogP contribution in [0, 0.1) is 11.6 Å². The summed E-state index contributed by atoms with van der Waals surface area (Å²) in [6.45, 7) is -0.572. The van der Waals surface area contributed by atoms with Gasteiger partial charge in [-0.1, -0.05) is 35.2 Å². The molecule has 0 bridgehead atoms. The zero-order valence-electron chi connectivity index (χ0n) is 13.5. The van der Waals surface area contributed by atoms with Gasteiger partial charge in [-0.3, -0.25) is 14.6 Å². The second-order valence-corrected chi connectivity index (χ2v) is 7.26. The van der Waals surface area contributed by atoms with Gasteiger partial charge in [0.1, 0.15) is 10.7 Å². The number of thioether (sulfide) groups is 1. The summed E-state index contributed by atoms with van der Waals surface area (Å²) < 4.78 is 27.4. The van der Waals surface area contributed by atoms with Crippen LogP contribution in [0.2, 0.25) is 0 Å². The fourth-order valence-corrected chi connectivity index (χ4v) is 3.71. The fourth-order valence-electron chi connectivity index (χ4n) is 2.16. The molecule has 27 heavy (non-hydrogen) atoms. The van der Waals surface area contributed by atoms with Gasteiger partial charge in [-0.05, 0) is 6.07 Å². The summed E-state index contributed by atoms with van der Waals surface area (Å²) in [4.78, 5) is 33.5. The predicted molar refractivity (Wildman–Crippen MR) is 97.6 cm³/mol. The molecule has 0 unspecified atom stereocenters. The number of thiazole rings is 1. The molecule has 1 atom stereocenters. The quantitative estimate of drug-likeness (QED) is 0.338. The van der Waals surface area contributed by atoms with Gasteiger partial charge >= 0.3 is 4.87 Å². The standard InChI is InChI=1S/C15H13F2N5O3S2/c16-7-3-1-2-6(9(7)17)5-26-14-20-12(19-8(4-23)11(18)24)10-13(21-14)22-15(25)27-10/h1-3,8,23H,4-5H2,(H2,18,24)(H2,19,20,21,22,25)/t8-/m0/s1. The molecule has 1 aromatic carbocycles. The first-order chi connectivity index (χ1) is 12.9. The number of hydrogen-bond acceptors (Lipinski definition) is 8. The molecule has 0 aliphatic carbocycles. The highest BCUT2D eigenvalue weighted by atomic mass is 32.2. The highest BCUT2D eigenvalue weighted by molar-refractivity contribution is 7.98.